The minimum Gasteiger partial charge on any atom is -0.506 e. The number of hydrogen-bond donors (Lipinski definition) is 3. The molecule has 7 nitrogen and oxygen atoms in total. The highest BCUT2D eigenvalue weighted by atomic mass is 16.5. The molecule has 6 aliphatic rings. The standard InChI is InChI=1S/C24H27NO6/c1-22-7-6-17(27)25(18-14(26)4-3-13(19(18)28)21(29)30)16(22)5-8-24-10-12-9-15(20(22)24)31-23(12,2)11-24/h3-5,12,15,20,26,28H,6-11H2,1-2H3,(H,29,30)/t12?,15?,20?,22-,23?,24?/m1/s1. The molecule has 1 aromatic carbocycles. The van der Waals surface area contributed by atoms with Gasteiger partial charge in [-0.3, -0.25) is 9.69 Å². The van der Waals surface area contributed by atoms with Gasteiger partial charge >= 0.3 is 5.97 Å². The number of carbonyl (C=O) groups is 2. The average Bonchev–Trinajstić information content (AvgIpc) is 3.04. The second-order valence-corrected chi connectivity index (χ2v) is 10.7. The summed E-state index contributed by atoms with van der Waals surface area (Å²) in [6.45, 7) is 4.42. The molecular formula is C24H27NO6. The number of nitrogens with zero attached hydrogens (tertiary/aromatic N) is 1. The number of rotatable bonds is 2. The Morgan fingerprint density at radius 2 is 2.03 bits per heavy atom. The van der Waals surface area contributed by atoms with Crippen molar-refractivity contribution in [1.82, 2.24) is 0 Å². The molecule has 0 aromatic heterocycles. The highest BCUT2D eigenvalue weighted by molar-refractivity contribution is 6.04. The molecule has 164 valence electrons. The van der Waals surface area contributed by atoms with Crippen molar-refractivity contribution in [3.8, 4) is 11.5 Å². The Morgan fingerprint density at radius 1 is 1.26 bits per heavy atom. The van der Waals surface area contributed by atoms with E-state index in [9.17, 15) is 24.9 Å². The number of carboxylic acids is 1. The summed E-state index contributed by atoms with van der Waals surface area (Å²) in [6, 6.07) is 2.38. The number of ether oxygens (including phenoxy) is 1. The molecule has 3 saturated heterocycles. The number of amides is 1. The van der Waals surface area contributed by atoms with E-state index in [1.54, 1.807) is 0 Å². The summed E-state index contributed by atoms with van der Waals surface area (Å²) in [5.74, 6) is -1.59. The zero-order chi connectivity index (χ0) is 21.9. The number of aromatic carboxylic acids is 1. The molecule has 3 heterocycles. The Balaban J connectivity index is 1.51. The van der Waals surface area contributed by atoms with Crippen LogP contribution in [-0.2, 0) is 9.53 Å². The quantitative estimate of drug-likeness (QED) is 0.666. The molecule has 2 saturated carbocycles. The van der Waals surface area contributed by atoms with Gasteiger partial charge in [-0.2, -0.15) is 0 Å². The summed E-state index contributed by atoms with van der Waals surface area (Å²) in [4.78, 5) is 26.1. The van der Waals surface area contributed by atoms with Crippen molar-refractivity contribution in [2.75, 3.05) is 4.90 Å². The second kappa shape index (κ2) is 5.63. The van der Waals surface area contributed by atoms with Crippen molar-refractivity contribution < 1.29 is 29.6 Å². The molecule has 5 unspecified atom stereocenters. The minimum atomic E-state index is -1.31. The molecule has 1 amide bonds. The van der Waals surface area contributed by atoms with E-state index in [-0.39, 0.29) is 57.8 Å². The van der Waals surface area contributed by atoms with E-state index < -0.39 is 11.7 Å². The van der Waals surface area contributed by atoms with Gasteiger partial charge in [-0.05, 0) is 62.5 Å². The number of piperidine rings is 1. The monoisotopic (exact) mass is 425 g/mol. The molecule has 6 atom stereocenters. The van der Waals surface area contributed by atoms with Crippen LogP contribution >= 0.6 is 0 Å². The number of hydrogen-bond acceptors (Lipinski definition) is 5. The Labute approximate surface area is 180 Å². The lowest BCUT2D eigenvalue weighted by Gasteiger charge is -2.60. The van der Waals surface area contributed by atoms with E-state index in [0.717, 1.165) is 37.4 Å². The zero-order valence-corrected chi connectivity index (χ0v) is 17.7. The number of phenolic OH excluding ortho intramolecular Hbond substituents is 1. The number of benzene rings is 1. The van der Waals surface area contributed by atoms with Crippen LogP contribution in [0.2, 0.25) is 0 Å². The fourth-order valence-electron chi connectivity index (χ4n) is 8.11. The van der Waals surface area contributed by atoms with E-state index >= 15 is 0 Å². The maximum atomic E-state index is 13.1. The first-order valence-corrected chi connectivity index (χ1v) is 11.1. The molecule has 5 fully saturated rings. The fraction of sp³-hybridized carbons (Fsp3) is 0.583. The number of carbonyl (C=O) groups excluding carboxylic acids is 1. The summed E-state index contributed by atoms with van der Waals surface area (Å²) >= 11 is 0. The Morgan fingerprint density at radius 3 is 2.74 bits per heavy atom. The van der Waals surface area contributed by atoms with E-state index in [0.29, 0.717) is 12.3 Å². The van der Waals surface area contributed by atoms with Gasteiger partial charge < -0.3 is 20.1 Å². The maximum Gasteiger partial charge on any atom is 0.339 e. The van der Waals surface area contributed by atoms with Crippen LogP contribution in [0.5, 0.6) is 11.5 Å². The van der Waals surface area contributed by atoms with E-state index in [1.807, 2.05) is 0 Å². The third-order valence-electron chi connectivity index (χ3n) is 9.09. The lowest BCUT2D eigenvalue weighted by molar-refractivity contribution is -0.169. The molecule has 7 rings (SSSR count). The fourth-order valence-corrected chi connectivity index (χ4v) is 8.11. The third kappa shape index (κ3) is 2.18. The normalized spacial score (nSPS) is 42.4. The molecular weight excluding hydrogens is 398 g/mol. The van der Waals surface area contributed by atoms with Crippen molar-refractivity contribution in [2.45, 2.75) is 64.1 Å². The highest BCUT2D eigenvalue weighted by Gasteiger charge is 2.72. The first-order chi connectivity index (χ1) is 14.6. The van der Waals surface area contributed by atoms with E-state index in [1.165, 1.54) is 11.0 Å². The van der Waals surface area contributed by atoms with Gasteiger partial charge in [0.1, 0.15) is 17.0 Å². The van der Waals surface area contributed by atoms with Gasteiger partial charge in [-0.1, -0.05) is 13.0 Å². The average molecular weight is 425 g/mol. The van der Waals surface area contributed by atoms with Crippen molar-refractivity contribution >= 4 is 17.6 Å². The second-order valence-electron chi connectivity index (χ2n) is 10.7. The van der Waals surface area contributed by atoms with Crippen LogP contribution in [0.15, 0.2) is 23.9 Å². The Hall–Kier alpha value is -2.54. The molecule has 3 aliphatic carbocycles. The first kappa shape index (κ1) is 19.2. The molecule has 7 heteroatoms. The van der Waals surface area contributed by atoms with Crippen LogP contribution in [0.25, 0.3) is 0 Å². The first-order valence-electron chi connectivity index (χ1n) is 11.1. The van der Waals surface area contributed by atoms with Gasteiger partial charge in [0.25, 0.3) is 0 Å². The summed E-state index contributed by atoms with van der Waals surface area (Å²) in [5.41, 5.74) is 0.0609. The van der Waals surface area contributed by atoms with Crippen molar-refractivity contribution in [2.24, 2.45) is 22.7 Å². The van der Waals surface area contributed by atoms with Crippen LogP contribution < -0.4 is 4.90 Å². The lowest BCUT2D eigenvalue weighted by Crippen LogP contribution is -2.59. The summed E-state index contributed by atoms with van der Waals surface area (Å²) in [6.07, 6.45) is 7.26. The maximum absolute atomic E-state index is 13.1. The molecule has 31 heavy (non-hydrogen) atoms. The van der Waals surface area contributed by atoms with Crippen molar-refractivity contribution in [3.05, 3.63) is 29.5 Å². The van der Waals surface area contributed by atoms with Crippen LogP contribution in [-0.4, -0.2) is 38.9 Å². The van der Waals surface area contributed by atoms with Crippen LogP contribution in [0.4, 0.5) is 5.69 Å². The number of aromatic hydroxyl groups is 2. The van der Waals surface area contributed by atoms with Gasteiger partial charge in [0.2, 0.25) is 5.91 Å². The largest absolute Gasteiger partial charge is 0.506 e. The van der Waals surface area contributed by atoms with Gasteiger partial charge in [-0.25, -0.2) is 4.79 Å². The number of allylic oxidation sites excluding steroid dienone is 2. The third-order valence-corrected chi connectivity index (χ3v) is 9.09. The van der Waals surface area contributed by atoms with Crippen molar-refractivity contribution in [3.63, 3.8) is 0 Å². The predicted octanol–water partition coefficient (Wildman–Crippen LogP) is 3.79. The van der Waals surface area contributed by atoms with Gasteiger partial charge in [-0.15, -0.1) is 0 Å². The molecule has 3 N–H and O–H groups in total. The number of phenols is 2. The number of anilines is 1. The Bertz CT molecular complexity index is 1080. The van der Waals surface area contributed by atoms with Gasteiger partial charge in [0.15, 0.2) is 5.75 Å². The number of fused-ring (bicyclic) bond motifs is 1. The molecule has 1 aromatic rings. The molecule has 0 radical (unpaired) electrons. The summed E-state index contributed by atoms with van der Waals surface area (Å²) < 4.78 is 6.58. The van der Waals surface area contributed by atoms with Crippen molar-refractivity contribution in [1.29, 1.82) is 0 Å². The minimum absolute atomic E-state index is 0.0423. The smallest absolute Gasteiger partial charge is 0.339 e. The summed E-state index contributed by atoms with van der Waals surface area (Å²) in [5, 5.41) is 30.7. The summed E-state index contributed by atoms with van der Waals surface area (Å²) in [7, 11) is 0. The molecule has 4 bridgehead atoms. The van der Waals surface area contributed by atoms with Crippen LogP contribution in [0.3, 0.4) is 0 Å². The zero-order valence-electron chi connectivity index (χ0n) is 17.7. The molecule has 3 aliphatic heterocycles. The van der Waals surface area contributed by atoms with Gasteiger partial charge in [0, 0.05) is 23.5 Å². The molecule has 1 spiro atoms. The Kier molecular flexibility index (Phi) is 3.48. The highest BCUT2D eigenvalue weighted by Crippen LogP contribution is 2.74. The SMILES string of the molecule is CC12CC34CC=C5N(c6c(O)ccc(C(=O)O)c6O)C(=O)CC[C@@]5(C)C3C(CC1C4)O2. The van der Waals surface area contributed by atoms with E-state index in [2.05, 4.69) is 19.9 Å². The number of carboxylic acid groups (broad SMARTS) is 1. The topological polar surface area (TPSA) is 107 Å². The lowest BCUT2D eigenvalue weighted by atomic mass is 9.49. The van der Waals surface area contributed by atoms with Gasteiger partial charge in [0.05, 0.1) is 11.7 Å². The predicted molar refractivity (Wildman–Crippen MR) is 111 cm³/mol. The van der Waals surface area contributed by atoms with Crippen LogP contribution in [0, 0.1) is 22.7 Å². The van der Waals surface area contributed by atoms with E-state index in [4.69, 9.17) is 4.74 Å². The van der Waals surface area contributed by atoms with Crippen LogP contribution in [0.1, 0.15) is 62.7 Å².